The second-order valence-electron chi connectivity index (χ2n) is 3.63. The molecule has 106 valence electrons. The van der Waals surface area contributed by atoms with Crippen LogP contribution in [-0.4, -0.2) is 96.4 Å². The highest BCUT2D eigenvalue weighted by atomic mass is 16.3. The van der Waals surface area contributed by atoms with Crippen LogP contribution in [0.5, 0.6) is 0 Å². The monoisotopic (exact) mass is 252 g/mol. The molecule has 0 aromatic rings. The van der Waals surface area contributed by atoms with Crippen LogP contribution < -0.4 is 0 Å². The maximum Gasteiger partial charge on any atom is 0.0558 e. The Morgan fingerprint density at radius 2 is 1.06 bits per heavy atom. The number of aliphatic hydroxyl groups is 4. The first-order valence-electron chi connectivity index (χ1n) is 6.00. The van der Waals surface area contributed by atoms with E-state index in [1.54, 1.807) is 0 Å². The Bertz CT molecular complexity index is 127. The Morgan fingerprint density at radius 3 is 1.29 bits per heavy atom. The SMILES string of the molecule is CCN(CCO)CCO.CN(CCO)CCO. The molecule has 6 heteroatoms. The van der Waals surface area contributed by atoms with E-state index in [4.69, 9.17) is 20.4 Å². The third-order valence-corrected chi connectivity index (χ3v) is 2.24. The highest BCUT2D eigenvalue weighted by molar-refractivity contribution is 4.51. The van der Waals surface area contributed by atoms with E-state index >= 15 is 0 Å². The molecule has 0 fully saturated rings. The summed E-state index contributed by atoms with van der Waals surface area (Å²) in [5, 5.41) is 33.6. The lowest BCUT2D eigenvalue weighted by molar-refractivity contribution is 0.166. The fraction of sp³-hybridized carbons (Fsp3) is 1.00. The van der Waals surface area contributed by atoms with E-state index < -0.39 is 0 Å². The van der Waals surface area contributed by atoms with E-state index in [2.05, 4.69) is 0 Å². The van der Waals surface area contributed by atoms with Crippen molar-refractivity contribution in [1.29, 1.82) is 0 Å². The summed E-state index contributed by atoms with van der Waals surface area (Å²) in [7, 11) is 1.85. The Morgan fingerprint density at radius 1 is 0.706 bits per heavy atom. The summed E-state index contributed by atoms with van der Waals surface area (Å²) in [6, 6.07) is 0. The maximum absolute atomic E-state index is 8.47. The number of hydrogen-bond donors (Lipinski definition) is 4. The van der Waals surface area contributed by atoms with E-state index in [0.29, 0.717) is 26.2 Å². The summed E-state index contributed by atoms with van der Waals surface area (Å²) in [5.74, 6) is 0. The molecule has 0 bridgehead atoms. The number of aliphatic hydroxyl groups excluding tert-OH is 4. The molecule has 0 heterocycles. The van der Waals surface area contributed by atoms with Crippen molar-refractivity contribution < 1.29 is 20.4 Å². The molecule has 0 unspecified atom stereocenters. The van der Waals surface area contributed by atoms with Crippen molar-refractivity contribution in [1.82, 2.24) is 9.80 Å². The van der Waals surface area contributed by atoms with Gasteiger partial charge in [0.1, 0.15) is 0 Å². The van der Waals surface area contributed by atoms with Gasteiger partial charge in [0.05, 0.1) is 26.4 Å². The molecule has 0 aliphatic heterocycles. The van der Waals surface area contributed by atoms with Gasteiger partial charge < -0.3 is 25.3 Å². The third-order valence-electron chi connectivity index (χ3n) is 2.24. The molecular formula is C11H28N2O4. The first-order valence-corrected chi connectivity index (χ1v) is 6.00. The van der Waals surface area contributed by atoms with Gasteiger partial charge in [-0.15, -0.1) is 0 Å². The van der Waals surface area contributed by atoms with E-state index in [1.807, 2.05) is 23.8 Å². The largest absolute Gasteiger partial charge is 0.395 e. The molecule has 0 saturated heterocycles. The molecule has 0 amide bonds. The van der Waals surface area contributed by atoms with Crippen molar-refractivity contribution in [3.05, 3.63) is 0 Å². The summed E-state index contributed by atoms with van der Waals surface area (Å²) < 4.78 is 0. The van der Waals surface area contributed by atoms with Crippen molar-refractivity contribution in [3.63, 3.8) is 0 Å². The molecule has 0 aliphatic rings. The minimum absolute atomic E-state index is 0.163. The number of hydrogen-bond acceptors (Lipinski definition) is 6. The quantitative estimate of drug-likeness (QED) is 0.387. The molecule has 4 N–H and O–H groups in total. The van der Waals surface area contributed by atoms with Gasteiger partial charge in [0.25, 0.3) is 0 Å². The first kappa shape index (κ1) is 19.1. The molecule has 0 radical (unpaired) electrons. The standard InChI is InChI=1S/C6H15NO2.C5H13NO2/c1-2-7(3-5-8)4-6-9;1-6(2-4-7)3-5-8/h8-9H,2-6H2,1H3;7-8H,2-5H2,1H3. The van der Waals surface area contributed by atoms with E-state index in [-0.39, 0.29) is 26.4 Å². The predicted octanol–water partition coefficient (Wildman–Crippen LogP) is -1.80. The Labute approximate surface area is 104 Å². The van der Waals surface area contributed by atoms with Crippen molar-refractivity contribution in [2.45, 2.75) is 6.92 Å². The van der Waals surface area contributed by atoms with Crippen LogP contribution in [0, 0.1) is 0 Å². The minimum Gasteiger partial charge on any atom is -0.395 e. The molecule has 0 aromatic carbocycles. The second kappa shape index (κ2) is 15.8. The first-order chi connectivity index (χ1) is 8.15. The van der Waals surface area contributed by atoms with Crippen LogP contribution in [0.25, 0.3) is 0 Å². The predicted molar refractivity (Wildman–Crippen MR) is 68.0 cm³/mol. The van der Waals surface area contributed by atoms with Gasteiger partial charge in [-0.25, -0.2) is 0 Å². The smallest absolute Gasteiger partial charge is 0.0558 e. The summed E-state index contributed by atoms with van der Waals surface area (Å²) in [4.78, 5) is 3.85. The number of nitrogens with zero attached hydrogens (tertiary/aromatic N) is 2. The average Bonchev–Trinajstić information content (AvgIpc) is 2.30. The average molecular weight is 252 g/mol. The molecular weight excluding hydrogens is 224 g/mol. The van der Waals surface area contributed by atoms with Gasteiger partial charge in [0.2, 0.25) is 0 Å². The summed E-state index contributed by atoms with van der Waals surface area (Å²) in [6.07, 6.45) is 0. The zero-order chi connectivity index (χ0) is 13.5. The van der Waals surface area contributed by atoms with Gasteiger partial charge in [0.15, 0.2) is 0 Å². The van der Waals surface area contributed by atoms with Gasteiger partial charge in [-0.1, -0.05) is 6.92 Å². The van der Waals surface area contributed by atoms with Crippen LogP contribution in [0.3, 0.4) is 0 Å². The van der Waals surface area contributed by atoms with Gasteiger partial charge >= 0.3 is 0 Å². The number of rotatable bonds is 9. The van der Waals surface area contributed by atoms with E-state index in [0.717, 1.165) is 6.54 Å². The lowest BCUT2D eigenvalue weighted by Gasteiger charge is -2.16. The third kappa shape index (κ3) is 15.8. The molecule has 0 rings (SSSR count). The van der Waals surface area contributed by atoms with Crippen molar-refractivity contribution in [3.8, 4) is 0 Å². The summed E-state index contributed by atoms with van der Waals surface area (Å²) in [6.45, 7) is 6.18. The Kier molecular flexibility index (Phi) is 17.7. The van der Waals surface area contributed by atoms with Crippen molar-refractivity contribution in [2.75, 3.05) is 66.2 Å². The van der Waals surface area contributed by atoms with Gasteiger partial charge in [0, 0.05) is 26.2 Å². The van der Waals surface area contributed by atoms with Gasteiger partial charge in [-0.2, -0.15) is 0 Å². The van der Waals surface area contributed by atoms with Gasteiger partial charge in [-0.3, -0.25) is 4.90 Å². The lowest BCUT2D eigenvalue weighted by atomic mass is 10.5. The van der Waals surface area contributed by atoms with Crippen LogP contribution in [0.4, 0.5) is 0 Å². The molecule has 0 aromatic heterocycles. The zero-order valence-corrected chi connectivity index (χ0v) is 11.0. The van der Waals surface area contributed by atoms with E-state index in [1.165, 1.54) is 0 Å². The van der Waals surface area contributed by atoms with Crippen LogP contribution >= 0.6 is 0 Å². The highest BCUT2D eigenvalue weighted by Crippen LogP contribution is 1.83. The minimum atomic E-state index is 0.163. The molecule has 0 saturated carbocycles. The molecule has 0 atom stereocenters. The van der Waals surface area contributed by atoms with Crippen molar-refractivity contribution >= 4 is 0 Å². The normalized spacial score (nSPS) is 10.6. The Hall–Kier alpha value is -0.240. The van der Waals surface area contributed by atoms with E-state index in [9.17, 15) is 0 Å². The number of likely N-dealkylation sites (N-methyl/N-ethyl adjacent to an activating group) is 2. The molecule has 0 spiro atoms. The summed E-state index contributed by atoms with van der Waals surface area (Å²) in [5.41, 5.74) is 0. The summed E-state index contributed by atoms with van der Waals surface area (Å²) >= 11 is 0. The highest BCUT2D eigenvalue weighted by Gasteiger charge is 1.97. The molecule has 17 heavy (non-hydrogen) atoms. The van der Waals surface area contributed by atoms with Crippen LogP contribution in [0.2, 0.25) is 0 Å². The lowest BCUT2D eigenvalue weighted by Crippen LogP contribution is -2.29. The maximum atomic E-state index is 8.47. The van der Waals surface area contributed by atoms with Crippen LogP contribution in [0.15, 0.2) is 0 Å². The van der Waals surface area contributed by atoms with Crippen molar-refractivity contribution in [2.24, 2.45) is 0 Å². The second-order valence-corrected chi connectivity index (χ2v) is 3.63. The van der Waals surface area contributed by atoms with Crippen LogP contribution in [-0.2, 0) is 0 Å². The molecule has 0 aliphatic carbocycles. The molecule has 6 nitrogen and oxygen atoms in total. The fourth-order valence-electron chi connectivity index (χ4n) is 1.16. The Balaban J connectivity index is 0. The zero-order valence-electron chi connectivity index (χ0n) is 11.0. The fourth-order valence-corrected chi connectivity index (χ4v) is 1.16. The topological polar surface area (TPSA) is 87.4 Å². The van der Waals surface area contributed by atoms with Gasteiger partial charge in [-0.05, 0) is 13.6 Å². The van der Waals surface area contributed by atoms with Crippen LogP contribution in [0.1, 0.15) is 6.92 Å².